The molecular formula is C13H13NO2. The fourth-order valence-electron chi connectivity index (χ4n) is 1.60. The maximum atomic E-state index is 10.8. The van der Waals surface area contributed by atoms with Crippen LogP contribution in [0, 0.1) is 0 Å². The third-order valence-electron chi connectivity index (χ3n) is 2.33. The molecule has 0 N–H and O–H groups in total. The van der Waals surface area contributed by atoms with Gasteiger partial charge in [0.1, 0.15) is 12.0 Å². The summed E-state index contributed by atoms with van der Waals surface area (Å²) < 4.78 is 5.50. The number of rotatable bonds is 4. The van der Waals surface area contributed by atoms with E-state index in [0.29, 0.717) is 11.5 Å². The smallest absolute Gasteiger partial charge is 0.226 e. The molecule has 2 aromatic heterocycles. The Kier molecular flexibility index (Phi) is 3.15. The molecule has 0 amide bonds. The van der Waals surface area contributed by atoms with Crippen LogP contribution in [0.25, 0.3) is 17.2 Å². The van der Waals surface area contributed by atoms with Crippen LogP contribution in [0.1, 0.15) is 25.5 Å². The lowest BCUT2D eigenvalue weighted by atomic mass is 10.1. The molecule has 0 aliphatic carbocycles. The van der Waals surface area contributed by atoms with Crippen molar-refractivity contribution in [2.75, 3.05) is 0 Å². The molecule has 2 rings (SSSR count). The summed E-state index contributed by atoms with van der Waals surface area (Å²) in [5.41, 5.74) is 1.36. The summed E-state index contributed by atoms with van der Waals surface area (Å²) in [5.74, 6) is 0.684. The minimum atomic E-state index is 0.607. The first-order valence-electron chi connectivity index (χ1n) is 5.34. The number of hydrogen-bond acceptors (Lipinski definition) is 3. The summed E-state index contributed by atoms with van der Waals surface area (Å²) in [6, 6.07) is 5.68. The van der Waals surface area contributed by atoms with E-state index in [9.17, 15) is 4.79 Å². The molecular weight excluding hydrogens is 202 g/mol. The third-order valence-corrected chi connectivity index (χ3v) is 2.33. The highest BCUT2D eigenvalue weighted by atomic mass is 16.3. The van der Waals surface area contributed by atoms with E-state index >= 15 is 0 Å². The highest BCUT2D eigenvalue weighted by Gasteiger charge is 2.02. The average molecular weight is 215 g/mol. The Hall–Kier alpha value is -1.90. The zero-order valence-corrected chi connectivity index (χ0v) is 9.14. The van der Waals surface area contributed by atoms with Gasteiger partial charge in [0, 0.05) is 11.6 Å². The van der Waals surface area contributed by atoms with Gasteiger partial charge in [0.15, 0.2) is 0 Å². The predicted octanol–water partition coefficient (Wildman–Crippen LogP) is 3.21. The van der Waals surface area contributed by atoms with Crippen LogP contribution in [0.15, 0.2) is 34.4 Å². The second-order valence-corrected chi connectivity index (χ2v) is 3.63. The number of carbonyl (C=O) groups excluding carboxylic acids is 1. The van der Waals surface area contributed by atoms with Crippen molar-refractivity contribution < 1.29 is 9.21 Å². The number of allylic oxidation sites excluding steroid dienone is 1. The van der Waals surface area contributed by atoms with Gasteiger partial charge in [0.25, 0.3) is 0 Å². The van der Waals surface area contributed by atoms with E-state index < -0.39 is 0 Å². The average Bonchev–Trinajstić information content (AvgIpc) is 2.70. The van der Waals surface area contributed by atoms with Crippen LogP contribution < -0.4 is 0 Å². The van der Waals surface area contributed by atoms with E-state index in [-0.39, 0.29) is 0 Å². The monoisotopic (exact) mass is 215 g/mol. The zero-order chi connectivity index (χ0) is 11.4. The molecule has 3 nitrogen and oxygen atoms in total. The number of nitrogens with zero attached hydrogens (tertiary/aromatic N) is 1. The molecule has 2 heterocycles. The fraction of sp³-hybridized carbons (Fsp3) is 0.231. The van der Waals surface area contributed by atoms with Gasteiger partial charge in [-0.25, -0.2) is 4.98 Å². The highest BCUT2D eigenvalue weighted by molar-refractivity contribution is 5.83. The molecule has 0 atom stereocenters. The van der Waals surface area contributed by atoms with Gasteiger partial charge in [-0.3, -0.25) is 4.79 Å². The van der Waals surface area contributed by atoms with Gasteiger partial charge in [-0.05, 0) is 36.3 Å². The first kappa shape index (κ1) is 10.6. The maximum absolute atomic E-state index is 10.8. The van der Waals surface area contributed by atoms with Crippen LogP contribution in [0.4, 0.5) is 0 Å². The number of hydrogen-bond donors (Lipinski definition) is 0. The predicted molar refractivity (Wildman–Crippen MR) is 63.0 cm³/mol. The van der Waals surface area contributed by atoms with Gasteiger partial charge in [0.2, 0.25) is 5.71 Å². The van der Waals surface area contributed by atoms with Crippen LogP contribution in [-0.2, 0) is 4.79 Å². The minimum Gasteiger partial charge on any atom is -0.438 e. The van der Waals surface area contributed by atoms with Crippen molar-refractivity contribution >= 4 is 23.5 Å². The summed E-state index contributed by atoms with van der Waals surface area (Å²) in [6.07, 6.45) is 6.06. The minimum absolute atomic E-state index is 0.607. The molecule has 2 aromatic rings. The molecule has 0 aliphatic rings. The SMILES string of the molecule is CCC/C(C=O)=C/c1cc2cccnc2o1. The maximum Gasteiger partial charge on any atom is 0.226 e. The summed E-state index contributed by atoms with van der Waals surface area (Å²) in [5, 5.41) is 0.954. The molecule has 0 saturated heterocycles. The summed E-state index contributed by atoms with van der Waals surface area (Å²) in [6.45, 7) is 2.04. The fourth-order valence-corrected chi connectivity index (χ4v) is 1.60. The lowest BCUT2D eigenvalue weighted by molar-refractivity contribution is -0.105. The van der Waals surface area contributed by atoms with E-state index in [2.05, 4.69) is 4.98 Å². The van der Waals surface area contributed by atoms with Crippen LogP contribution in [0.2, 0.25) is 0 Å². The van der Waals surface area contributed by atoms with Gasteiger partial charge in [-0.15, -0.1) is 0 Å². The van der Waals surface area contributed by atoms with Crippen LogP contribution in [-0.4, -0.2) is 11.3 Å². The van der Waals surface area contributed by atoms with Crippen molar-refractivity contribution in [1.29, 1.82) is 0 Å². The number of aromatic nitrogens is 1. The molecule has 0 fully saturated rings. The lowest BCUT2D eigenvalue weighted by Gasteiger charge is -1.93. The van der Waals surface area contributed by atoms with E-state index in [1.54, 1.807) is 12.3 Å². The number of pyridine rings is 1. The van der Waals surface area contributed by atoms with E-state index in [0.717, 1.165) is 30.1 Å². The third kappa shape index (κ3) is 2.19. The molecule has 0 saturated carbocycles. The van der Waals surface area contributed by atoms with Gasteiger partial charge < -0.3 is 4.42 Å². The number of furan rings is 1. The highest BCUT2D eigenvalue weighted by Crippen LogP contribution is 2.19. The molecule has 0 unspecified atom stereocenters. The molecule has 82 valence electrons. The Morgan fingerprint density at radius 2 is 2.44 bits per heavy atom. The Balaban J connectivity index is 2.36. The van der Waals surface area contributed by atoms with Crippen molar-refractivity contribution in [2.24, 2.45) is 0 Å². The first-order valence-corrected chi connectivity index (χ1v) is 5.34. The van der Waals surface area contributed by atoms with Crippen molar-refractivity contribution in [3.8, 4) is 0 Å². The Morgan fingerprint density at radius 3 is 3.12 bits per heavy atom. The molecule has 0 aromatic carbocycles. The van der Waals surface area contributed by atoms with Crippen molar-refractivity contribution in [2.45, 2.75) is 19.8 Å². The second-order valence-electron chi connectivity index (χ2n) is 3.63. The van der Waals surface area contributed by atoms with Crippen molar-refractivity contribution in [3.05, 3.63) is 35.7 Å². The molecule has 0 bridgehead atoms. The Bertz CT molecular complexity index is 492. The molecule has 3 heteroatoms. The Labute approximate surface area is 93.8 Å². The standard InChI is InChI=1S/C13H13NO2/c1-2-4-10(9-15)7-12-8-11-5-3-6-14-13(11)16-12/h3,5-9H,2,4H2,1H3/b10-7-. The summed E-state index contributed by atoms with van der Waals surface area (Å²) >= 11 is 0. The van der Waals surface area contributed by atoms with Gasteiger partial charge in [-0.2, -0.15) is 0 Å². The van der Waals surface area contributed by atoms with E-state index in [1.165, 1.54) is 0 Å². The van der Waals surface area contributed by atoms with Gasteiger partial charge in [0.05, 0.1) is 0 Å². The normalized spacial score (nSPS) is 11.9. The molecule has 0 aliphatic heterocycles. The topological polar surface area (TPSA) is 43.1 Å². The number of carbonyl (C=O) groups is 1. The number of fused-ring (bicyclic) bond motifs is 1. The van der Waals surface area contributed by atoms with E-state index in [4.69, 9.17) is 4.42 Å². The number of aldehydes is 1. The zero-order valence-electron chi connectivity index (χ0n) is 9.14. The molecule has 16 heavy (non-hydrogen) atoms. The van der Waals surface area contributed by atoms with Crippen molar-refractivity contribution in [1.82, 2.24) is 4.98 Å². The summed E-state index contributed by atoms with van der Waals surface area (Å²) in [4.78, 5) is 14.9. The molecule has 0 radical (unpaired) electrons. The lowest BCUT2D eigenvalue weighted by Crippen LogP contribution is -1.82. The van der Waals surface area contributed by atoms with Crippen LogP contribution in [0.5, 0.6) is 0 Å². The second kappa shape index (κ2) is 4.75. The van der Waals surface area contributed by atoms with Gasteiger partial charge >= 0.3 is 0 Å². The largest absolute Gasteiger partial charge is 0.438 e. The van der Waals surface area contributed by atoms with Crippen LogP contribution >= 0.6 is 0 Å². The van der Waals surface area contributed by atoms with E-state index in [1.807, 2.05) is 25.1 Å². The first-order chi connectivity index (χ1) is 7.83. The summed E-state index contributed by atoms with van der Waals surface area (Å²) in [7, 11) is 0. The van der Waals surface area contributed by atoms with Crippen LogP contribution in [0.3, 0.4) is 0 Å². The quantitative estimate of drug-likeness (QED) is 0.581. The van der Waals surface area contributed by atoms with Gasteiger partial charge in [-0.1, -0.05) is 13.3 Å². The van der Waals surface area contributed by atoms with Crippen molar-refractivity contribution in [3.63, 3.8) is 0 Å². The Morgan fingerprint density at radius 1 is 1.56 bits per heavy atom. The molecule has 0 spiro atoms.